The number of nitro groups is 1. The molecule has 0 saturated carbocycles. The van der Waals surface area contributed by atoms with Gasteiger partial charge in [-0.15, -0.1) is 0 Å². The predicted octanol–water partition coefficient (Wildman–Crippen LogP) is 2.85. The molecule has 1 aromatic heterocycles. The van der Waals surface area contributed by atoms with Crippen molar-refractivity contribution >= 4 is 23.5 Å². The maximum absolute atomic E-state index is 13.7. The first-order valence-electron chi connectivity index (χ1n) is 12.2. The monoisotopic (exact) mass is 555 g/mol. The Labute approximate surface area is 217 Å². The van der Waals surface area contributed by atoms with Crippen molar-refractivity contribution in [3.63, 3.8) is 0 Å². The van der Waals surface area contributed by atoms with Crippen LogP contribution in [-0.4, -0.2) is 79.8 Å². The molecule has 0 fully saturated rings. The molecule has 0 unspecified atom stereocenters. The molecule has 37 heavy (non-hydrogen) atoms. The summed E-state index contributed by atoms with van der Waals surface area (Å²) in [6.07, 6.45) is 0.969. The van der Waals surface area contributed by atoms with E-state index in [0.29, 0.717) is 31.6 Å². The lowest BCUT2D eigenvalue weighted by atomic mass is 10.2. The van der Waals surface area contributed by atoms with Gasteiger partial charge in [0.25, 0.3) is 5.69 Å². The third-order valence-corrected chi connectivity index (χ3v) is 10.0. The Hall–Kier alpha value is -2.25. The minimum atomic E-state index is -4.28. The largest absolute Gasteiger partial charge is 0.408 e. The Morgan fingerprint density at radius 1 is 0.973 bits per heavy atom. The van der Waals surface area contributed by atoms with E-state index in [4.69, 9.17) is 9.05 Å². The summed E-state index contributed by atoms with van der Waals surface area (Å²) in [7, 11) is -7.98. The second kappa shape index (κ2) is 13.5. The summed E-state index contributed by atoms with van der Waals surface area (Å²) in [4.78, 5) is 15.1. The van der Waals surface area contributed by atoms with Crippen molar-refractivity contribution < 1.29 is 27.0 Å². The highest BCUT2D eigenvalue weighted by molar-refractivity contribution is 7.89. The van der Waals surface area contributed by atoms with Gasteiger partial charge in [-0.2, -0.15) is 4.31 Å². The zero-order chi connectivity index (χ0) is 26.9. The molecule has 2 aromatic rings. The number of hydrogen-bond donors (Lipinski definition) is 1. The molecule has 0 spiro atoms. The molecule has 0 aliphatic carbocycles. The number of nitrogens with zero attached hydrogens (tertiary/aromatic N) is 4. The number of pyridine rings is 1. The van der Waals surface area contributed by atoms with Crippen LogP contribution in [0.1, 0.15) is 25.2 Å². The van der Waals surface area contributed by atoms with Crippen LogP contribution in [0.3, 0.4) is 0 Å². The molecule has 0 amide bonds. The van der Waals surface area contributed by atoms with Crippen molar-refractivity contribution in [3.8, 4) is 0 Å². The molecule has 0 saturated heterocycles. The summed E-state index contributed by atoms with van der Waals surface area (Å²) in [6, 6.07) is 10.9. The average Bonchev–Trinajstić information content (AvgIpc) is 2.87. The van der Waals surface area contributed by atoms with E-state index in [1.54, 1.807) is 13.8 Å². The number of aromatic nitrogens is 1. The van der Waals surface area contributed by atoms with E-state index in [2.05, 4.69) is 10.3 Å². The minimum absolute atomic E-state index is 0.0322. The zero-order valence-corrected chi connectivity index (χ0v) is 22.8. The topological polar surface area (TPSA) is 144 Å². The highest BCUT2D eigenvalue weighted by Gasteiger charge is 2.36. The Bertz CT molecular complexity index is 1200. The smallest absolute Gasteiger partial charge is 0.315 e. The van der Waals surface area contributed by atoms with Crippen LogP contribution in [0.4, 0.5) is 5.69 Å². The fourth-order valence-electron chi connectivity index (χ4n) is 4.02. The lowest BCUT2D eigenvalue weighted by molar-refractivity contribution is -0.387. The molecule has 1 aromatic carbocycles. The number of sulfonamides is 1. The lowest BCUT2D eigenvalue weighted by Crippen LogP contribution is -2.41. The van der Waals surface area contributed by atoms with Crippen LogP contribution >= 0.6 is 7.75 Å². The molecule has 204 valence electrons. The van der Waals surface area contributed by atoms with Gasteiger partial charge < -0.3 is 5.32 Å². The van der Waals surface area contributed by atoms with Crippen molar-refractivity contribution in [2.45, 2.75) is 31.6 Å². The third kappa shape index (κ3) is 7.64. The number of fused-ring (bicyclic) bond motifs is 2. The van der Waals surface area contributed by atoms with Gasteiger partial charge >= 0.3 is 7.75 Å². The number of benzene rings is 1. The first-order chi connectivity index (χ1) is 17.7. The number of nitro benzene ring substituents is 1. The number of rotatable bonds is 8. The van der Waals surface area contributed by atoms with E-state index in [9.17, 15) is 23.1 Å². The van der Waals surface area contributed by atoms with Crippen LogP contribution in [0.2, 0.25) is 0 Å². The number of hydrogen-bond acceptors (Lipinski definition) is 9. The summed E-state index contributed by atoms with van der Waals surface area (Å²) < 4.78 is 54.8. The van der Waals surface area contributed by atoms with Crippen LogP contribution in [0.15, 0.2) is 47.4 Å². The van der Waals surface area contributed by atoms with Gasteiger partial charge in [0.15, 0.2) is 4.90 Å². The van der Waals surface area contributed by atoms with Crippen LogP contribution < -0.4 is 5.32 Å². The first-order valence-corrected chi connectivity index (χ1v) is 15.2. The second-order valence-corrected chi connectivity index (χ2v) is 12.2. The third-order valence-electron chi connectivity index (χ3n) is 5.80. The van der Waals surface area contributed by atoms with Crippen molar-refractivity contribution in [2.24, 2.45) is 0 Å². The second-order valence-electron chi connectivity index (χ2n) is 8.26. The van der Waals surface area contributed by atoms with Crippen LogP contribution in [0.5, 0.6) is 0 Å². The van der Waals surface area contributed by atoms with Crippen LogP contribution in [0.25, 0.3) is 0 Å². The van der Waals surface area contributed by atoms with Gasteiger partial charge in [0.1, 0.15) is 0 Å². The molecule has 2 bridgehead atoms. The van der Waals surface area contributed by atoms with Crippen molar-refractivity contribution in [1.29, 1.82) is 0 Å². The van der Waals surface area contributed by atoms with Gasteiger partial charge in [-0.3, -0.25) is 24.1 Å². The Kier molecular flexibility index (Phi) is 10.7. The van der Waals surface area contributed by atoms with Gasteiger partial charge in [-0.05, 0) is 32.0 Å². The van der Waals surface area contributed by atoms with Crippen LogP contribution in [-0.2, 0) is 36.5 Å². The fourth-order valence-corrected chi connectivity index (χ4v) is 7.35. The van der Waals surface area contributed by atoms with Gasteiger partial charge in [-0.1, -0.05) is 18.2 Å². The molecule has 2 heterocycles. The quantitative estimate of drug-likeness (QED) is 0.293. The van der Waals surface area contributed by atoms with Crippen molar-refractivity contribution in [1.82, 2.24) is 19.3 Å². The highest BCUT2D eigenvalue weighted by Crippen LogP contribution is 2.51. The Morgan fingerprint density at radius 2 is 1.65 bits per heavy atom. The SMILES string of the molecule is CCOP(=O)(OCC)N1CCNCCc2cccc(n2)CCN(S(=O)(=O)c2ccccc2[N+](=O)[O-])CC1. The number of nitrogens with one attached hydrogen (secondary N) is 1. The van der Waals surface area contributed by atoms with E-state index in [1.165, 1.54) is 33.2 Å². The average molecular weight is 556 g/mol. The maximum atomic E-state index is 13.7. The molecule has 1 N–H and O–H groups in total. The van der Waals surface area contributed by atoms with E-state index < -0.39 is 33.3 Å². The minimum Gasteiger partial charge on any atom is -0.315 e. The molecule has 1 aliphatic rings. The lowest BCUT2D eigenvalue weighted by Gasteiger charge is -2.32. The molecule has 3 rings (SSSR count). The summed E-state index contributed by atoms with van der Waals surface area (Å²) >= 11 is 0. The van der Waals surface area contributed by atoms with Crippen molar-refractivity contribution in [3.05, 3.63) is 64.0 Å². The highest BCUT2D eigenvalue weighted by atomic mass is 32.2. The molecule has 12 nitrogen and oxygen atoms in total. The summed E-state index contributed by atoms with van der Waals surface area (Å²) in [5.41, 5.74) is 1.07. The molecular weight excluding hydrogens is 521 g/mol. The molecule has 14 heteroatoms. The molecule has 0 radical (unpaired) electrons. The van der Waals surface area contributed by atoms with Gasteiger partial charge in [0, 0.05) is 69.6 Å². The summed E-state index contributed by atoms with van der Waals surface area (Å²) in [5, 5.41) is 14.9. The summed E-state index contributed by atoms with van der Waals surface area (Å²) in [5.74, 6) is 0. The van der Waals surface area contributed by atoms with Gasteiger partial charge in [0.05, 0.1) is 18.1 Å². The van der Waals surface area contributed by atoms with E-state index in [1.807, 2.05) is 18.2 Å². The first kappa shape index (κ1) is 29.3. The van der Waals surface area contributed by atoms with Crippen molar-refractivity contribution in [2.75, 3.05) is 52.5 Å². The van der Waals surface area contributed by atoms with Gasteiger partial charge in [-0.25, -0.2) is 17.7 Å². The van der Waals surface area contributed by atoms with E-state index >= 15 is 0 Å². The fraction of sp³-hybridized carbons (Fsp3) is 0.522. The number of para-hydroxylation sites is 1. The maximum Gasteiger partial charge on any atom is 0.408 e. The standard InChI is InChI=1S/C23H34N5O7PS/c1-3-34-36(31,35-4-2)26-17-15-24-14-12-20-8-7-9-21(25-20)13-16-27(19-18-26)37(32,33)23-11-6-5-10-22(23)28(29)30/h5-11,24H,3-4,12-19H2,1-2H3. The molecular formula is C23H34N5O7PS. The Balaban J connectivity index is 2.00. The molecule has 1 aliphatic heterocycles. The molecule has 0 atom stereocenters. The van der Waals surface area contributed by atoms with E-state index in [0.717, 1.165) is 5.69 Å². The summed E-state index contributed by atoms with van der Waals surface area (Å²) in [6.45, 7) is 5.11. The van der Waals surface area contributed by atoms with E-state index in [-0.39, 0.29) is 39.4 Å². The van der Waals surface area contributed by atoms with Gasteiger partial charge in [0.2, 0.25) is 10.0 Å². The Morgan fingerprint density at radius 3 is 2.32 bits per heavy atom. The zero-order valence-electron chi connectivity index (χ0n) is 21.1. The van der Waals surface area contributed by atoms with Crippen LogP contribution in [0, 0.1) is 10.1 Å². The normalized spacial score (nSPS) is 17.2. The predicted molar refractivity (Wildman–Crippen MR) is 139 cm³/mol.